The molecule has 1 fully saturated rings. The van der Waals surface area contributed by atoms with Crippen LogP contribution in [0.3, 0.4) is 0 Å². The molecule has 0 spiro atoms. The molecule has 0 aromatic rings. The molecule has 19 nitrogen and oxygen atoms in total. The van der Waals surface area contributed by atoms with Gasteiger partial charge >= 0.3 is 22.3 Å². The van der Waals surface area contributed by atoms with Crippen molar-refractivity contribution in [3.63, 3.8) is 0 Å². The molecule has 6 unspecified atom stereocenters. The van der Waals surface area contributed by atoms with Crippen LogP contribution in [-0.4, -0.2) is 182 Å². The number of nitrogens with one attached hydrogen (secondary N) is 3. The zero-order valence-electron chi connectivity index (χ0n) is 35.0. The summed E-state index contributed by atoms with van der Waals surface area (Å²) in [5.74, 6) is -5.45. The summed E-state index contributed by atoms with van der Waals surface area (Å²) in [5, 5.41) is 38.2. The zero-order valence-corrected chi connectivity index (χ0v) is 38.9. The van der Waals surface area contributed by atoms with Crippen molar-refractivity contribution in [1.29, 1.82) is 0 Å². The van der Waals surface area contributed by atoms with E-state index in [2.05, 4.69) is 34.0 Å². The van der Waals surface area contributed by atoms with E-state index in [1.807, 2.05) is 0 Å². The third kappa shape index (κ3) is 23.3. The first-order valence-electron chi connectivity index (χ1n) is 20.0. The van der Waals surface area contributed by atoms with Crippen LogP contribution in [0, 0.1) is 0 Å². The van der Waals surface area contributed by atoms with Crippen LogP contribution in [0.2, 0.25) is 0 Å². The number of nitrogens with zero attached hydrogens (tertiary/aromatic N) is 1. The third-order valence-electron chi connectivity index (χ3n) is 9.50. The van der Waals surface area contributed by atoms with E-state index in [9.17, 15) is 57.1 Å². The van der Waals surface area contributed by atoms with Gasteiger partial charge in [0.1, 0.15) is 30.4 Å². The molecule has 1 rings (SSSR count). The van der Waals surface area contributed by atoms with Crippen LogP contribution in [-0.2, 0) is 52.8 Å². The van der Waals surface area contributed by atoms with Gasteiger partial charge in [0.25, 0.3) is 0 Å². The molecular formula is C37H66KN4O15S. The second-order valence-corrected chi connectivity index (χ2v) is 15.7. The summed E-state index contributed by atoms with van der Waals surface area (Å²) in [6.07, 6.45) is 1.82. The van der Waals surface area contributed by atoms with Gasteiger partial charge in [-0.1, -0.05) is 84.5 Å². The predicted octanol–water partition coefficient (Wildman–Crippen LogP) is 2.06. The van der Waals surface area contributed by atoms with Crippen LogP contribution < -0.4 is 16.0 Å². The molecule has 1 aliphatic rings. The van der Waals surface area contributed by atoms with E-state index in [1.54, 1.807) is 0 Å². The Labute approximate surface area is 385 Å². The third-order valence-corrected chi connectivity index (χ3v) is 9.93. The normalized spacial score (nSPS) is 20.8. The van der Waals surface area contributed by atoms with Crippen molar-refractivity contribution in [3.05, 3.63) is 0 Å². The molecule has 0 saturated carbocycles. The number of carboxylic acids is 2. The number of aliphatic hydroxyl groups is 1. The minimum atomic E-state index is -5.06. The number of aliphatic hydroxyl groups excluding tert-OH is 1. The Kier molecular flexibility index (Phi) is 29.3. The first kappa shape index (κ1) is 56.2. The van der Waals surface area contributed by atoms with Crippen LogP contribution in [0.4, 0.5) is 0 Å². The van der Waals surface area contributed by atoms with Crippen LogP contribution in [0.25, 0.3) is 0 Å². The molecule has 58 heavy (non-hydrogen) atoms. The van der Waals surface area contributed by atoms with Crippen LogP contribution >= 0.6 is 0 Å². The Morgan fingerprint density at radius 1 is 0.828 bits per heavy atom. The maximum atomic E-state index is 14.1. The fourth-order valence-electron chi connectivity index (χ4n) is 6.48. The number of unbranched alkanes of at least 4 members (excludes halogenated alkanes) is 11. The molecule has 1 heterocycles. The van der Waals surface area contributed by atoms with Gasteiger partial charge in [0, 0.05) is 83.7 Å². The van der Waals surface area contributed by atoms with Crippen molar-refractivity contribution in [2.75, 3.05) is 13.2 Å². The fourth-order valence-corrected chi connectivity index (χ4v) is 6.79. The molecule has 0 aliphatic carbocycles. The monoisotopic (exact) mass is 877 g/mol. The predicted molar refractivity (Wildman–Crippen MR) is 212 cm³/mol. The topological polar surface area (TPSA) is 284 Å². The first-order chi connectivity index (χ1) is 26.8. The number of hydrogen-bond donors (Lipinski definition) is 7. The van der Waals surface area contributed by atoms with Gasteiger partial charge in [-0.25, -0.2) is 8.98 Å². The quantitative estimate of drug-likeness (QED) is 0.0309. The van der Waals surface area contributed by atoms with E-state index < -0.39 is 114 Å². The molecule has 8 atom stereocenters. The van der Waals surface area contributed by atoms with Crippen molar-refractivity contribution in [3.8, 4) is 0 Å². The summed E-state index contributed by atoms with van der Waals surface area (Å²) >= 11 is 0. The number of carbonyl (C=O) groups is 6. The van der Waals surface area contributed by atoms with Crippen LogP contribution in [0.15, 0.2) is 0 Å². The number of aliphatic carboxylic acids is 2. The Bertz CT molecular complexity index is 1390. The Morgan fingerprint density at radius 3 is 1.90 bits per heavy atom. The van der Waals surface area contributed by atoms with Crippen molar-refractivity contribution in [2.45, 2.75) is 186 Å². The van der Waals surface area contributed by atoms with Crippen LogP contribution in [0.5, 0.6) is 0 Å². The van der Waals surface area contributed by atoms with Gasteiger partial charge < -0.3 is 45.6 Å². The standard InChI is InChI=1S/C37H66N4O15S.K/c1-6-8-10-12-14-15-17-19-30(44)41(20-18-16-13-11-9-7-2)36-32(34(55-25(4)37(49)50)33(47)28(56-36)23-54-57(51,52)53)40-29(43)21-27(22-31(45)46)39-35(48)24(3)38-26(5)42;/h24-25,27-28,32-34,36,47H,6-23H2,1-5H3,(H,38,42)(H,39,48)(H,40,43)(H,45,46)(H,49,50)(H,51,52,53);/t24?,25-,27+,28?,32?,33?,34?,36?;/m0./s1. The Morgan fingerprint density at radius 2 is 1.38 bits per heavy atom. The molecule has 4 amide bonds. The smallest absolute Gasteiger partial charge is 0.397 e. The SMILES string of the molecule is CCCCCCCCCC(=O)N(CCCCCCCC)C1OC(COS(=O)(=O)O)C(O)C(O[C@@H](C)C(=O)O)C1NC(=O)C[C@H](CC(=O)O)NC(=O)C(C)NC(C)=O.[K]. The number of hydrogen-bond acceptors (Lipinski definition) is 12. The maximum Gasteiger partial charge on any atom is 0.397 e. The number of rotatable bonds is 30. The van der Waals surface area contributed by atoms with E-state index in [0.717, 1.165) is 71.1 Å². The molecule has 1 radical (unpaired) electrons. The first-order valence-corrected chi connectivity index (χ1v) is 21.4. The molecule has 21 heteroatoms. The van der Waals surface area contributed by atoms with Crippen molar-refractivity contribution in [2.24, 2.45) is 0 Å². The average Bonchev–Trinajstić information content (AvgIpc) is 3.11. The van der Waals surface area contributed by atoms with Gasteiger partial charge in [-0.05, 0) is 26.7 Å². The number of amides is 4. The Balaban J connectivity index is 0.0000325. The average molecular weight is 878 g/mol. The van der Waals surface area contributed by atoms with Crippen molar-refractivity contribution >= 4 is 97.4 Å². The number of ether oxygens (including phenoxy) is 2. The van der Waals surface area contributed by atoms with Gasteiger partial charge in [0.15, 0.2) is 12.3 Å². The summed E-state index contributed by atoms with van der Waals surface area (Å²) in [7, 11) is -5.06. The second-order valence-electron chi connectivity index (χ2n) is 14.6. The van der Waals surface area contributed by atoms with Gasteiger partial charge in [-0.15, -0.1) is 0 Å². The van der Waals surface area contributed by atoms with Crippen LogP contribution in [0.1, 0.15) is 137 Å². The summed E-state index contributed by atoms with van der Waals surface area (Å²) in [6, 6.07) is -3.93. The second kappa shape index (κ2) is 30.3. The fraction of sp³-hybridized carbons (Fsp3) is 0.838. The van der Waals surface area contributed by atoms with E-state index >= 15 is 0 Å². The zero-order chi connectivity index (χ0) is 43.1. The molecule has 7 N–H and O–H groups in total. The number of carboxylic acid groups (broad SMARTS) is 2. The van der Waals surface area contributed by atoms with Gasteiger partial charge in [-0.3, -0.25) is 28.5 Å². The maximum absolute atomic E-state index is 14.1. The van der Waals surface area contributed by atoms with Crippen molar-refractivity contribution in [1.82, 2.24) is 20.9 Å². The summed E-state index contributed by atoms with van der Waals surface area (Å²) in [5.41, 5.74) is 0. The summed E-state index contributed by atoms with van der Waals surface area (Å²) < 4.78 is 48.9. The van der Waals surface area contributed by atoms with E-state index in [-0.39, 0.29) is 64.4 Å². The molecule has 1 saturated heterocycles. The molecule has 0 aromatic heterocycles. The minimum Gasteiger partial charge on any atom is -0.481 e. The van der Waals surface area contributed by atoms with Gasteiger partial charge in [0.2, 0.25) is 23.6 Å². The minimum absolute atomic E-state index is 0. The molecule has 0 aromatic carbocycles. The number of carbonyl (C=O) groups excluding carboxylic acids is 4. The largest absolute Gasteiger partial charge is 0.481 e. The molecule has 1 aliphatic heterocycles. The molecule has 0 bridgehead atoms. The summed E-state index contributed by atoms with van der Waals surface area (Å²) in [6.45, 7) is 6.98. The summed E-state index contributed by atoms with van der Waals surface area (Å²) in [4.78, 5) is 77.2. The van der Waals surface area contributed by atoms with Gasteiger partial charge in [-0.2, -0.15) is 8.42 Å². The van der Waals surface area contributed by atoms with E-state index in [1.165, 1.54) is 18.7 Å². The Hall–Kier alpha value is -1.79. The van der Waals surface area contributed by atoms with Crippen molar-refractivity contribution < 1.29 is 70.7 Å². The molecule has 331 valence electrons. The van der Waals surface area contributed by atoms with Gasteiger partial charge in [0.05, 0.1) is 13.0 Å². The van der Waals surface area contributed by atoms with E-state index in [0.29, 0.717) is 19.3 Å². The van der Waals surface area contributed by atoms with E-state index in [4.69, 9.17) is 9.47 Å². The molecular weight excluding hydrogens is 812 g/mol.